The van der Waals surface area contributed by atoms with Gasteiger partial charge >= 0.3 is 0 Å². The van der Waals surface area contributed by atoms with E-state index in [0.717, 1.165) is 22.8 Å². The molecule has 114 valence electrons. The fourth-order valence-electron chi connectivity index (χ4n) is 2.87. The van der Waals surface area contributed by atoms with Gasteiger partial charge in [0.1, 0.15) is 0 Å². The lowest BCUT2D eigenvalue weighted by Gasteiger charge is -2.24. The zero-order valence-electron chi connectivity index (χ0n) is 12.4. The average molecular weight is 339 g/mol. The standard InChI is InChI=1S/C19H15ClN2S/c20-15-10-8-14(9-11-15)18-13-17(19-7-4-12-23-19)21-22(18)16-5-2-1-3-6-16/h1-12,18H,13H2/t18-/m1/s1. The van der Waals surface area contributed by atoms with Crippen LogP contribution < -0.4 is 5.01 Å². The third-order valence-electron chi connectivity index (χ3n) is 3.99. The van der Waals surface area contributed by atoms with Crippen LogP contribution in [0.4, 0.5) is 5.69 Å². The minimum Gasteiger partial charge on any atom is -0.257 e. The molecule has 4 heteroatoms. The van der Waals surface area contributed by atoms with Gasteiger partial charge in [-0.2, -0.15) is 5.10 Å². The van der Waals surface area contributed by atoms with E-state index in [4.69, 9.17) is 16.7 Å². The molecule has 2 heterocycles. The summed E-state index contributed by atoms with van der Waals surface area (Å²) in [6.07, 6.45) is 0.900. The Balaban J connectivity index is 1.74. The van der Waals surface area contributed by atoms with Gasteiger partial charge in [-0.3, -0.25) is 5.01 Å². The largest absolute Gasteiger partial charge is 0.257 e. The highest BCUT2D eigenvalue weighted by Crippen LogP contribution is 2.37. The van der Waals surface area contributed by atoms with Crippen molar-refractivity contribution in [1.29, 1.82) is 0 Å². The van der Waals surface area contributed by atoms with Gasteiger partial charge < -0.3 is 0 Å². The molecule has 0 saturated heterocycles. The molecule has 0 fully saturated rings. The number of hydrogen-bond acceptors (Lipinski definition) is 3. The first kappa shape index (κ1) is 14.5. The SMILES string of the molecule is Clc1ccc([C@H]2CC(c3cccs3)=NN2c2ccccc2)cc1. The fraction of sp³-hybridized carbons (Fsp3) is 0.105. The van der Waals surface area contributed by atoms with Crippen LogP contribution in [0.5, 0.6) is 0 Å². The smallest absolute Gasteiger partial charge is 0.0832 e. The molecular formula is C19H15ClN2S. The number of hydrogen-bond donors (Lipinski definition) is 0. The zero-order chi connectivity index (χ0) is 15.6. The van der Waals surface area contributed by atoms with Crippen LogP contribution in [0, 0.1) is 0 Å². The van der Waals surface area contributed by atoms with Crippen molar-refractivity contribution in [1.82, 2.24) is 0 Å². The van der Waals surface area contributed by atoms with E-state index in [9.17, 15) is 0 Å². The Morgan fingerprint density at radius 2 is 1.74 bits per heavy atom. The van der Waals surface area contributed by atoms with E-state index in [1.54, 1.807) is 11.3 Å². The van der Waals surface area contributed by atoms with Crippen molar-refractivity contribution in [2.45, 2.75) is 12.5 Å². The van der Waals surface area contributed by atoms with E-state index in [2.05, 4.69) is 46.8 Å². The van der Waals surface area contributed by atoms with Crippen molar-refractivity contribution < 1.29 is 0 Å². The number of thiophene rings is 1. The van der Waals surface area contributed by atoms with Gasteiger partial charge in [-0.05, 0) is 41.3 Å². The van der Waals surface area contributed by atoms with Gasteiger partial charge in [0.2, 0.25) is 0 Å². The molecule has 0 N–H and O–H groups in total. The molecule has 2 nitrogen and oxygen atoms in total. The monoisotopic (exact) mass is 338 g/mol. The minimum absolute atomic E-state index is 0.201. The Morgan fingerprint density at radius 1 is 0.957 bits per heavy atom. The first-order chi connectivity index (χ1) is 11.3. The van der Waals surface area contributed by atoms with Gasteiger partial charge in [-0.1, -0.05) is 48.0 Å². The molecule has 1 aromatic heterocycles. The third kappa shape index (κ3) is 2.90. The summed E-state index contributed by atoms with van der Waals surface area (Å²) >= 11 is 7.78. The van der Waals surface area contributed by atoms with Gasteiger partial charge in [0.05, 0.1) is 22.3 Å². The number of nitrogens with zero attached hydrogens (tertiary/aromatic N) is 2. The number of anilines is 1. The van der Waals surface area contributed by atoms with Crippen molar-refractivity contribution in [2.75, 3.05) is 5.01 Å². The summed E-state index contributed by atoms with van der Waals surface area (Å²) in [5, 5.41) is 9.89. The van der Waals surface area contributed by atoms with E-state index < -0.39 is 0 Å². The molecule has 0 radical (unpaired) electrons. The van der Waals surface area contributed by atoms with Crippen molar-refractivity contribution in [3.8, 4) is 0 Å². The molecule has 0 spiro atoms. The number of rotatable bonds is 3. The molecule has 3 aromatic rings. The summed E-state index contributed by atoms with van der Waals surface area (Å²) in [4.78, 5) is 1.24. The maximum Gasteiger partial charge on any atom is 0.0832 e. The van der Waals surface area contributed by atoms with Crippen LogP contribution >= 0.6 is 22.9 Å². The molecule has 1 aliphatic rings. The van der Waals surface area contributed by atoms with Gasteiger partial charge in [0.25, 0.3) is 0 Å². The molecule has 0 bridgehead atoms. The molecule has 1 atom stereocenters. The summed E-state index contributed by atoms with van der Waals surface area (Å²) in [5.74, 6) is 0. The lowest BCUT2D eigenvalue weighted by Crippen LogP contribution is -2.18. The summed E-state index contributed by atoms with van der Waals surface area (Å²) in [7, 11) is 0. The van der Waals surface area contributed by atoms with Crippen LogP contribution in [-0.2, 0) is 0 Å². The molecule has 1 aliphatic heterocycles. The van der Waals surface area contributed by atoms with Crippen LogP contribution in [0.15, 0.2) is 77.2 Å². The maximum atomic E-state index is 6.04. The first-order valence-corrected chi connectivity index (χ1v) is 8.78. The lowest BCUT2D eigenvalue weighted by molar-refractivity contribution is 0.709. The molecule has 0 amide bonds. The molecule has 0 aliphatic carbocycles. The molecule has 2 aromatic carbocycles. The number of para-hydroxylation sites is 1. The lowest BCUT2D eigenvalue weighted by atomic mass is 10.0. The van der Waals surface area contributed by atoms with E-state index in [1.165, 1.54) is 10.4 Å². The predicted octanol–water partition coefficient (Wildman–Crippen LogP) is 5.76. The maximum absolute atomic E-state index is 6.04. The quantitative estimate of drug-likeness (QED) is 0.593. The first-order valence-electron chi connectivity index (χ1n) is 7.52. The Morgan fingerprint density at radius 3 is 2.43 bits per heavy atom. The van der Waals surface area contributed by atoms with Crippen LogP contribution in [0.25, 0.3) is 0 Å². The molecule has 0 saturated carbocycles. The van der Waals surface area contributed by atoms with E-state index >= 15 is 0 Å². The second kappa shape index (κ2) is 6.19. The summed E-state index contributed by atoms with van der Waals surface area (Å²) < 4.78 is 0. The second-order valence-electron chi connectivity index (χ2n) is 5.48. The molecule has 0 unspecified atom stereocenters. The van der Waals surface area contributed by atoms with Gasteiger partial charge in [-0.15, -0.1) is 11.3 Å². The Bertz CT molecular complexity index is 810. The van der Waals surface area contributed by atoms with Crippen LogP contribution in [0.2, 0.25) is 5.02 Å². The van der Waals surface area contributed by atoms with Crippen molar-refractivity contribution in [3.63, 3.8) is 0 Å². The minimum atomic E-state index is 0.201. The van der Waals surface area contributed by atoms with Gasteiger partial charge in [-0.25, -0.2) is 0 Å². The molecule has 4 rings (SSSR count). The van der Waals surface area contributed by atoms with Crippen LogP contribution in [0.1, 0.15) is 22.9 Å². The fourth-order valence-corrected chi connectivity index (χ4v) is 3.71. The van der Waals surface area contributed by atoms with Crippen molar-refractivity contribution in [2.24, 2.45) is 5.10 Å². The van der Waals surface area contributed by atoms with Gasteiger partial charge in [0.15, 0.2) is 0 Å². The highest BCUT2D eigenvalue weighted by atomic mass is 35.5. The van der Waals surface area contributed by atoms with Crippen molar-refractivity contribution in [3.05, 3.63) is 87.6 Å². The molecular weight excluding hydrogens is 324 g/mol. The number of hydrazone groups is 1. The van der Waals surface area contributed by atoms with Gasteiger partial charge in [0, 0.05) is 11.4 Å². The van der Waals surface area contributed by atoms with Crippen LogP contribution in [-0.4, -0.2) is 5.71 Å². The van der Waals surface area contributed by atoms with E-state index in [0.29, 0.717) is 0 Å². The summed E-state index contributed by atoms with van der Waals surface area (Å²) in [5.41, 5.74) is 3.48. The summed E-state index contributed by atoms with van der Waals surface area (Å²) in [6.45, 7) is 0. The highest BCUT2D eigenvalue weighted by Gasteiger charge is 2.30. The van der Waals surface area contributed by atoms with E-state index in [1.807, 2.05) is 30.3 Å². The predicted molar refractivity (Wildman–Crippen MR) is 98.6 cm³/mol. The van der Waals surface area contributed by atoms with E-state index in [-0.39, 0.29) is 6.04 Å². The zero-order valence-corrected chi connectivity index (χ0v) is 14.0. The Labute approximate surface area is 144 Å². The number of benzene rings is 2. The highest BCUT2D eigenvalue weighted by molar-refractivity contribution is 7.12. The van der Waals surface area contributed by atoms with Crippen LogP contribution in [0.3, 0.4) is 0 Å². The Kier molecular flexibility index (Phi) is 3.90. The normalized spacial score (nSPS) is 17.3. The second-order valence-corrected chi connectivity index (χ2v) is 6.86. The molecule has 23 heavy (non-hydrogen) atoms. The Hall–Kier alpha value is -2.10. The topological polar surface area (TPSA) is 15.6 Å². The summed E-state index contributed by atoms with van der Waals surface area (Å²) in [6, 6.07) is 22.8. The number of halogens is 1. The van der Waals surface area contributed by atoms with Crippen molar-refractivity contribution >= 4 is 34.3 Å². The third-order valence-corrected chi connectivity index (χ3v) is 5.16. The average Bonchev–Trinajstić information content (AvgIpc) is 3.26.